The molecule has 2 aromatic rings. The molecule has 0 radical (unpaired) electrons. The zero-order valence-corrected chi connectivity index (χ0v) is 12.0. The summed E-state index contributed by atoms with van der Waals surface area (Å²) in [4.78, 5) is 0. The second-order valence-electron chi connectivity index (χ2n) is 4.92. The molecule has 19 heavy (non-hydrogen) atoms. The molecule has 0 saturated heterocycles. The van der Waals surface area contributed by atoms with Crippen LogP contribution in [-0.2, 0) is 13.0 Å². The van der Waals surface area contributed by atoms with Crippen LogP contribution in [-0.4, -0.2) is 16.7 Å². The number of hydrogen-bond donors (Lipinski definition) is 1. The molecule has 5 heteroatoms. The monoisotopic (exact) mass is 279 g/mol. The van der Waals surface area contributed by atoms with Crippen LogP contribution in [0, 0.1) is 11.7 Å². The normalized spacial score (nSPS) is 11.2. The van der Waals surface area contributed by atoms with Gasteiger partial charge in [-0.3, -0.25) is 0 Å². The number of aromatic nitrogens is 2. The Labute approximate surface area is 116 Å². The summed E-state index contributed by atoms with van der Waals surface area (Å²) in [5.74, 6) is 0.422. The van der Waals surface area contributed by atoms with Gasteiger partial charge in [-0.1, -0.05) is 37.3 Å². The predicted molar refractivity (Wildman–Crippen MR) is 75.7 cm³/mol. The molecule has 1 aromatic heterocycles. The first-order valence-electron chi connectivity index (χ1n) is 6.40. The van der Waals surface area contributed by atoms with Crippen molar-refractivity contribution in [3.8, 4) is 0 Å². The standard InChI is InChI=1S/C14H18FN3S/c1-10(2)8-16-9-14-18-17-13(19-14)7-11-3-5-12(15)6-4-11/h3-6,10,16H,7-9H2,1-2H3. The highest BCUT2D eigenvalue weighted by Crippen LogP contribution is 2.15. The van der Waals surface area contributed by atoms with E-state index in [1.165, 1.54) is 12.1 Å². The molecule has 0 fully saturated rings. The molecule has 0 saturated carbocycles. The quantitative estimate of drug-likeness (QED) is 0.883. The zero-order chi connectivity index (χ0) is 13.7. The molecule has 0 amide bonds. The van der Waals surface area contributed by atoms with E-state index < -0.39 is 0 Å². The van der Waals surface area contributed by atoms with Gasteiger partial charge in [-0.15, -0.1) is 10.2 Å². The summed E-state index contributed by atoms with van der Waals surface area (Å²) in [6, 6.07) is 6.52. The van der Waals surface area contributed by atoms with Gasteiger partial charge < -0.3 is 5.32 Å². The summed E-state index contributed by atoms with van der Waals surface area (Å²) in [7, 11) is 0. The highest BCUT2D eigenvalue weighted by atomic mass is 32.1. The van der Waals surface area contributed by atoms with Gasteiger partial charge in [0.25, 0.3) is 0 Å². The fraction of sp³-hybridized carbons (Fsp3) is 0.429. The van der Waals surface area contributed by atoms with E-state index in [0.717, 1.165) is 28.7 Å². The van der Waals surface area contributed by atoms with E-state index in [9.17, 15) is 4.39 Å². The summed E-state index contributed by atoms with van der Waals surface area (Å²) >= 11 is 1.61. The summed E-state index contributed by atoms with van der Waals surface area (Å²) in [6.07, 6.45) is 0.710. The lowest BCUT2D eigenvalue weighted by Gasteiger charge is -2.03. The Kier molecular flexibility index (Phi) is 4.99. The molecule has 1 heterocycles. The van der Waals surface area contributed by atoms with Gasteiger partial charge in [-0.25, -0.2) is 4.39 Å². The number of halogens is 1. The van der Waals surface area contributed by atoms with Crippen LogP contribution in [0.5, 0.6) is 0 Å². The minimum Gasteiger partial charge on any atom is -0.310 e. The topological polar surface area (TPSA) is 37.8 Å². The average molecular weight is 279 g/mol. The number of benzene rings is 1. The molecule has 0 unspecified atom stereocenters. The minimum absolute atomic E-state index is 0.209. The fourth-order valence-electron chi connectivity index (χ4n) is 1.68. The first-order chi connectivity index (χ1) is 9.13. The molecule has 0 aliphatic carbocycles. The van der Waals surface area contributed by atoms with Crippen LogP contribution < -0.4 is 5.32 Å². The SMILES string of the molecule is CC(C)CNCc1nnc(Cc2ccc(F)cc2)s1. The molecule has 102 valence electrons. The third kappa shape index (κ3) is 4.69. The Balaban J connectivity index is 1.88. The van der Waals surface area contributed by atoms with Crippen molar-refractivity contribution in [3.05, 3.63) is 45.7 Å². The second kappa shape index (κ2) is 6.73. The Bertz CT molecular complexity index is 508. The smallest absolute Gasteiger partial charge is 0.131 e. The van der Waals surface area contributed by atoms with E-state index in [1.807, 2.05) is 0 Å². The van der Waals surface area contributed by atoms with E-state index in [2.05, 4.69) is 29.4 Å². The van der Waals surface area contributed by atoms with Crippen molar-refractivity contribution >= 4 is 11.3 Å². The third-order valence-corrected chi connectivity index (χ3v) is 3.53. The lowest BCUT2D eigenvalue weighted by molar-refractivity contribution is 0.550. The van der Waals surface area contributed by atoms with Crippen LogP contribution >= 0.6 is 11.3 Å². The second-order valence-corrected chi connectivity index (χ2v) is 6.06. The average Bonchev–Trinajstić information content (AvgIpc) is 2.79. The van der Waals surface area contributed by atoms with Crippen LogP contribution in [0.3, 0.4) is 0 Å². The summed E-state index contributed by atoms with van der Waals surface area (Å²) in [6.45, 7) is 6.09. The van der Waals surface area contributed by atoms with Crippen molar-refractivity contribution < 1.29 is 4.39 Å². The van der Waals surface area contributed by atoms with Crippen LogP contribution in [0.25, 0.3) is 0 Å². The van der Waals surface area contributed by atoms with Gasteiger partial charge in [0.15, 0.2) is 0 Å². The summed E-state index contributed by atoms with van der Waals surface area (Å²) in [5.41, 5.74) is 1.05. The molecule has 1 N–H and O–H groups in total. The highest BCUT2D eigenvalue weighted by molar-refractivity contribution is 7.11. The molecule has 1 aromatic carbocycles. The van der Waals surface area contributed by atoms with Crippen LogP contribution in [0.1, 0.15) is 29.4 Å². The third-order valence-electron chi connectivity index (χ3n) is 2.61. The maximum atomic E-state index is 12.8. The molecule has 0 aliphatic heterocycles. The van der Waals surface area contributed by atoms with Gasteiger partial charge in [0.1, 0.15) is 15.8 Å². The highest BCUT2D eigenvalue weighted by Gasteiger charge is 2.05. The number of rotatable bonds is 6. The van der Waals surface area contributed by atoms with Crippen molar-refractivity contribution in [2.45, 2.75) is 26.8 Å². The molecule has 0 bridgehead atoms. The van der Waals surface area contributed by atoms with E-state index in [1.54, 1.807) is 23.5 Å². The molecule has 3 nitrogen and oxygen atoms in total. The largest absolute Gasteiger partial charge is 0.310 e. The van der Waals surface area contributed by atoms with Crippen molar-refractivity contribution in [1.29, 1.82) is 0 Å². The van der Waals surface area contributed by atoms with Crippen LogP contribution in [0.2, 0.25) is 0 Å². The van der Waals surface area contributed by atoms with Gasteiger partial charge >= 0.3 is 0 Å². The first kappa shape index (κ1) is 14.1. The first-order valence-corrected chi connectivity index (χ1v) is 7.21. The molecular formula is C14H18FN3S. The summed E-state index contributed by atoms with van der Waals surface area (Å²) in [5, 5.41) is 13.6. The fourth-order valence-corrected chi connectivity index (χ4v) is 2.52. The van der Waals surface area contributed by atoms with Gasteiger partial charge in [0.2, 0.25) is 0 Å². The maximum Gasteiger partial charge on any atom is 0.131 e. The zero-order valence-electron chi connectivity index (χ0n) is 11.2. The van der Waals surface area contributed by atoms with Gasteiger partial charge in [0, 0.05) is 13.0 Å². The number of nitrogens with one attached hydrogen (secondary N) is 1. The Morgan fingerprint density at radius 3 is 2.53 bits per heavy atom. The predicted octanol–water partition coefficient (Wildman–Crippen LogP) is 3.01. The van der Waals surface area contributed by atoms with E-state index in [-0.39, 0.29) is 5.82 Å². The Morgan fingerprint density at radius 1 is 1.16 bits per heavy atom. The van der Waals surface area contributed by atoms with E-state index >= 15 is 0 Å². The van der Waals surface area contributed by atoms with Crippen molar-refractivity contribution in [2.24, 2.45) is 5.92 Å². The maximum absolute atomic E-state index is 12.8. The molecular weight excluding hydrogens is 261 g/mol. The lowest BCUT2D eigenvalue weighted by atomic mass is 10.2. The Morgan fingerprint density at radius 2 is 1.84 bits per heavy atom. The van der Waals surface area contributed by atoms with Crippen LogP contribution in [0.15, 0.2) is 24.3 Å². The van der Waals surface area contributed by atoms with Crippen molar-refractivity contribution in [3.63, 3.8) is 0 Å². The Hall–Kier alpha value is -1.33. The number of nitrogens with zero attached hydrogens (tertiary/aromatic N) is 2. The van der Waals surface area contributed by atoms with E-state index in [0.29, 0.717) is 12.3 Å². The molecule has 0 aliphatic rings. The molecule has 0 atom stereocenters. The van der Waals surface area contributed by atoms with E-state index in [4.69, 9.17) is 0 Å². The lowest BCUT2D eigenvalue weighted by Crippen LogP contribution is -2.18. The number of hydrogen-bond acceptors (Lipinski definition) is 4. The molecule has 0 spiro atoms. The van der Waals surface area contributed by atoms with Crippen molar-refractivity contribution in [2.75, 3.05) is 6.54 Å². The van der Waals surface area contributed by atoms with Gasteiger partial charge in [-0.2, -0.15) is 0 Å². The van der Waals surface area contributed by atoms with Gasteiger partial charge in [-0.05, 0) is 30.2 Å². The van der Waals surface area contributed by atoms with Crippen molar-refractivity contribution in [1.82, 2.24) is 15.5 Å². The summed E-state index contributed by atoms with van der Waals surface area (Å²) < 4.78 is 12.8. The van der Waals surface area contributed by atoms with Crippen LogP contribution in [0.4, 0.5) is 4.39 Å². The van der Waals surface area contributed by atoms with Gasteiger partial charge in [0.05, 0.1) is 0 Å². The minimum atomic E-state index is -0.209. The molecule has 2 rings (SSSR count).